The van der Waals surface area contributed by atoms with Crippen LogP contribution in [0.5, 0.6) is 0 Å². The molecule has 1 fully saturated rings. The summed E-state index contributed by atoms with van der Waals surface area (Å²) in [5.41, 5.74) is 5.30. The summed E-state index contributed by atoms with van der Waals surface area (Å²) in [5, 5.41) is 0.710. The summed E-state index contributed by atoms with van der Waals surface area (Å²) in [6, 6.07) is 9.64. The molecule has 3 heterocycles. The Morgan fingerprint density at radius 3 is 2.70 bits per heavy atom. The van der Waals surface area contributed by atoms with Crippen molar-refractivity contribution in [1.29, 1.82) is 0 Å². The third-order valence-corrected chi connectivity index (χ3v) is 6.75. The molecular formula is C23H22N4O2S. The van der Waals surface area contributed by atoms with Crippen molar-refractivity contribution in [2.24, 2.45) is 0 Å². The summed E-state index contributed by atoms with van der Waals surface area (Å²) in [6.45, 7) is 5.38. The van der Waals surface area contributed by atoms with Gasteiger partial charge in [-0.25, -0.2) is 4.98 Å². The summed E-state index contributed by atoms with van der Waals surface area (Å²) in [6.07, 6.45) is 5.30. The number of hydrogen-bond acceptors (Lipinski definition) is 6. The molecule has 2 aromatic carbocycles. The molecule has 30 heavy (non-hydrogen) atoms. The Hall–Kier alpha value is -2.90. The van der Waals surface area contributed by atoms with Gasteiger partial charge in [-0.15, -0.1) is 0 Å². The van der Waals surface area contributed by atoms with E-state index >= 15 is 0 Å². The predicted molar refractivity (Wildman–Crippen MR) is 119 cm³/mol. The number of thiazole rings is 1. The van der Waals surface area contributed by atoms with E-state index in [-0.39, 0.29) is 12.0 Å². The Morgan fingerprint density at radius 2 is 1.93 bits per heavy atom. The fourth-order valence-electron chi connectivity index (χ4n) is 3.86. The average molecular weight is 419 g/mol. The quantitative estimate of drug-likeness (QED) is 0.481. The molecule has 0 radical (unpaired) electrons. The van der Waals surface area contributed by atoms with Crippen molar-refractivity contribution in [2.45, 2.75) is 32.8 Å². The topological polar surface area (TPSA) is 68.2 Å². The number of aryl methyl sites for hydroxylation is 2. The van der Waals surface area contributed by atoms with E-state index in [2.05, 4.69) is 35.9 Å². The van der Waals surface area contributed by atoms with E-state index in [1.54, 1.807) is 34.7 Å². The van der Waals surface area contributed by atoms with Crippen LogP contribution in [0.2, 0.25) is 0 Å². The summed E-state index contributed by atoms with van der Waals surface area (Å²) in [7, 11) is 0. The largest absolute Gasteiger partial charge is 0.376 e. The second kappa shape index (κ2) is 7.74. The third-order valence-electron chi connectivity index (χ3n) is 5.53. The number of rotatable bonds is 4. The highest BCUT2D eigenvalue weighted by molar-refractivity contribution is 7.22. The molecule has 5 rings (SSSR count). The molecule has 152 valence electrons. The number of fused-ring (bicyclic) bond motifs is 2. The van der Waals surface area contributed by atoms with Gasteiger partial charge < -0.3 is 4.74 Å². The number of benzene rings is 2. The lowest BCUT2D eigenvalue weighted by atomic mass is 10.1. The predicted octanol–water partition coefficient (Wildman–Crippen LogP) is 4.68. The van der Waals surface area contributed by atoms with E-state index in [0.717, 1.165) is 40.7 Å². The zero-order valence-electron chi connectivity index (χ0n) is 17.0. The molecule has 1 saturated heterocycles. The maximum Gasteiger partial charge on any atom is 0.260 e. The highest BCUT2D eigenvalue weighted by Crippen LogP contribution is 2.34. The number of anilines is 1. The van der Waals surface area contributed by atoms with Crippen LogP contribution in [0.4, 0.5) is 5.13 Å². The normalized spacial score (nSPS) is 16.4. The van der Waals surface area contributed by atoms with E-state index in [1.165, 1.54) is 5.56 Å². The number of carbonyl (C=O) groups excluding carboxylic acids is 1. The third kappa shape index (κ3) is 3.44. The van der Waals surface area contributed by atoms with Gasteiger partial charge in [0.25, 0.3) is 5.91 Å². The molecule has 0 bridgehead atoms. The van der Waals surface area contributed by atoms with Gasteiger partial charge in [-0.05, 0) is 56.0 Å². The molecule has 1 atom stereocenters. The summed E-state index contributed by atoms with van der Waals surface area (Å²) < 4.78 is 6.97. The molecule has 6 nitrogen and oxygen atoms in total. The SMILES string of the molecule is Cc1ccc(C)c2sc(N(CC3CCCO3)C(=O)c3ccc4nccnc4c3)nc12. The summed E-state index contributed by atoms with van der Waals surface area (Å²) in [5.74, 6) is -0.0904. The fourth-order valence-corrected chi connectivity index (χ4v) is 4.97. The minimum absolute atomic E-state index is 0.0309. The second-order valence-corrected chi connectivity index (χ2v) is 8.66. The first-order valence-electron chi connectivity index (χ1n) is 10.1. The molecule has 1 amide bonds. The Balaban J connectivity index is 1.58. The van der Waals surface area contributed by atoms with E-state index in [0.29, 0.717) is 22.8 Å². The van der Waals surface area contributed by atoms with Crippen LogP contribution in [0.3, 0.4) is 0 Å². The van der Waals surface area contributed by atoms with Gasteiger partial charge >= 0.3 is 0 Å². The van der Waals surface area contributed by atoms with E-state index in [1.807, 2.05) is 12.1 Å². The number of aromatic nitrogens is 3. The van der Waals surface area contributed by atoms with Crippen LogP contribution in [0.1, 0.15) is 34.3 Å². The van der Waals surface area contributed by atoms with Crippen LogP contribution in [0.15, 0.2) is 42.7 Å². The van der Waals surface area contributed by atoms with Gasteiger partial charge in [0.15, 0.2) is 5.13 Å². The van der Waals surface area contributed by atoms with Crippen LogP contribution in [-0.2, 0) is 4.74 Å². The minimum Gasteiger partial charge on any atom is -0.376 e. The molecule has 4 aromatic rings. The van der Waals surface area contributed by atoms with E-state index < -0.39 is 0 Å². The molecule has 0 N–H and O–H groups in total. The smallest absolute Gasteiger partial charge is 0.260 e. The summed E-state index contributed by atoms with van der Waals surface area (Å²) >= 11 is 1.57. The first-order valence-corrected chi connectivity index (χ1v) is 10.9. The maximum atomic E-state index is 13.6. The molecule has 7 heteroatoms. The number of nitrogens with zero attached hydrogens (tertiary/aromatic N) is 4. The van der Waals surface area contributed by atoms with Crippen molar-refractivity contribution in [2.75, 3.05) is 18.1 Å². The fraction of sp³-hybridized carbons (Fsp3) is 0.304. The van der Waals surface area contributed by atoms with Crippen molar-refractivity contribution >= 4 is 43.6 Å². The lowest BCUT2D eigenvalue weighted by Gasteiger charge is -2.23. The van der Waals surface area contributed by atoms with Crippen molar-refractivity contribution < 1.29 is 9.53 Å². The van der Waals surface area contributed by atoms with Gasteiger partial charge in [0.05, 0.1) is 33.9 Å². The van der Waals surface area contributed by atoms with E-state index in [4.69, 9.17) is 9.72 Å². The van der Waals surface area contributed by atoms with Crippen LogP contribution < -0.4 is 4.90 Å². The first kappa shape index (κ1) is 19.1. The maximum absolute atomic E-state index is 13.6. The Kier molecular flexibility index (Phi) is 4.92. The summed E-state index contributed by atoms with van der Waals surface area (Å²) in [4.78, 5) is 28.9. The lowest BCUT2D eigenvalue weighted by Crippen LogP contribution is -2.37. The minimum atomic E-state index is -0.0904. The molecule has 0 saturated carbocycles. The highest BCUT2D eigenvalue weighted by atomic mass is 32.1. The molecule has 0 aliphatic carbocycles. The molecular weight excluding hydrogens is 396 g/mol. The average Bonchev–Trinajstić information content (AvgIpc) is 3.44. The van der Waals surface area contributed by atoms with Crippen LogP contribution in [0.25, 0.3) is 21.3 Å². The van der Waals surface area contributed by atoms with Crippen molar-refractivity contribution in [1.82, 2.24) is 15.0 Å². The Bertz CT molecular complexity index is 1210. The van der Waals surface area contributed by atoms with Gasteiger partial charge in [-0.3, -0.25) is 19.7 Å². The standard InChI is InChI=1S/C23H22N4O2S/c1-14-5-6-15(2)21-20(14)26-23(30-21)27(13-17-4-3-11-29-17)22(28)16-7-8-18-19(12-16)25-10-9-24-18/h5-10,12,17H,3-4,11,13H2,1-2H3. The second-order valence-electron chi connectivity index (χ2n) is 7.68. The molecule has 1 aliphatic heterocycles. The van der Waals surface area contributed by atoms with Crippen molar-refractivity contribution in [3.8, 4) is 0 Å². The lowest BCUT2D eigenvalue weighted by molar-refractivity contribution is 0.0917. The molecule has 2 aromatic heterocycles. The van der Waals surface area contributed by atoms with Crippen molar-refractivity contribution in [3.63, 3.8) is 0 Å². The van der Waals surface area contributed by atoms with Crippen molar-refractivity contribution in [3.05, 3.63) is 59.4 Å². The van der Waals surface area contributed by atoms with E-state index in [9.17, 15) is 4.79 Å². The zero-order valence-corrected chi connectivity index (χ0v) is 17.8. The molecule has 0 spiro atoms. The van der Waals surface area contributed by atoms with Gasteiger partial charge in [-0.2, -0.15) is 0 Å². The van der Waals surface area contributed by atoms with Gasteiger partial charge in [0.1, 0.15) is 0 Å². The first-order chi connectivity index (χ1) is 14.6. The van der Waals surface area contributed by atoms with Gasteiger partial charge in [0.2, 0.25) is 0 Å². The van der Waals surface area contributed by atoms with Gasteiger partial charge in [0, 0.05) is 24.6 Å². The monoisotopic (exact) mass is 418 g/mol. The van der Waals surface area contributed by atoms with Crippen LogP contribution in [-0.4, -0.2) is 40.1 Å². The number of hydrogen-bond donors (Lipinski definition) is 0. The number of carbonyl (C=O) groups is 1. The Morgan fingerprint density at radius 1 is 1.13 bits per heavy atom. The Labute approximate surface area is 178 Å². The highest BCUT2D eigenvalue weighted by Gasteiger charge is 2.27. The van der Waals surface area contributed by atoms with Crippen LogP contribution in [0, 0.1) is 13.8 Å². The van der Waals surface area contributed by atoms with Gasteiger partial charge in [-0.1, -0.05) is 23.5 Å². The zero-order chi connectivity index (χ0) is 20.7. The number of ether oxygens (including phenoxy) is 1. The van der Waals surface area contributed by atoms with Crippen LogP contribution >= 0.6 is 11.3 Å². The molecule has 1 unspecified atom stereocenters. The number of amides is 1. The molecule has 1 aliphatic rings.